The summed E-state index contributed by atoms with van der Waals surface area (Å²) >= 11 is 0. The van der Waals surface area contributed by atoms with Crippen LogP contribution in [-0.2, 0) is 11.2 Å². The first kappa shape index (κ1) is 16.8. The Morgan fingerprint density at radius 1 is 1.08 bits per heavy atom. The molecule has 1 heterocycles. The van der Waals surface area contributed by atoms with Gasteiger partial charge in [0.25, 0.3) is 0 Å². The third kappa shape index (κ3) is 3.71. The van der Waals surface area contributed by atoms with Crippen molar-refractivity contribution < 1.29 is 13.9 Å². The van der Waals surface area contributed by atoms with E-state index in [0.29, 0.717) is 11.3 Å². The normalized spacial score (nSPS) is 10.7. The van der Waals surface area contributed by atoms with Crippen molar-refractivity contribution in [1.82, 2.24) is 0 Å². The highest BCUT2D eigenvalue weighted by molar-refractivity contribution is 5.94. The summed E-state index contributed by atoms with van der Waals surface area (Å²) in [5, 5.41) is 3.68. The second-order valence-electron chi connectivity index (χ2n) is 5.99. The van der Waals surface area contributed by atoms with Gasteiger partial charge in [0.2, 0.25) is 5.91 Å². The zero-order valence-electron chi connectivity index (χ0n) is 14.4. The van der Waals surface area contributed by atoms with E-state index < -0.39 is 5.63 Å². The number of rotatable bonds is 4. The van der Waals surface area contributed by atoms with Crippen LogP contribution in [0.2, 0.25) is 0 Å². The highest BCUT2D eigenvalue weighted by Gasteiger charge is 2.09. The van der Waals surface area contributed by atoms with E-state index in [0.717, 1.165) is 27.8 Å². The molecule has 1 amide bonds. The number of benzene rings is 2. The number of hydrogen-bond acceptors (Lipinski definition) is 4. The summed E-state index contributed by atoms with van der Waals surface area (Å²) < 4.78 is 10.5. The summed E-state index contributed by atoms with van der Waals surface area (Å²) in [5.41, 5.74) is 3.37. The van der Waals surface area contributed by atoms with Crippen LogP contribution in [0.4, 0.5) is 5.69 Å². The first-order chi connectivity index (χ1) is 12.0. The van der Waals surface area contributed by atoms with E-state index >= 15 is 0 Å². The summed E-state index contributed by atoms with van der Waals surface area (Å²) in [6.45, 7) is 3.80. The topological polar surface area (TPSA) is 68.5 Å². The maximum absolute atomic E-state index is 12.3. The van der Waals surface area contributed by atoms with Crippen LogP contribution < -0.4 is 15.7 Å². The number of ether oxygens (including phenoxy) is 1. The molecular weight excluding hydrogens is 318 g/mol. The SMILES string of the molecule is COc1cc(CC(=O)Nc2ccc3c(C)cc(=O)oc3c2)ccc1C. The Bertz CT molecular complexity index is 1000. The van der Waals surface area contributed by atoms with Crippen molar-refractivity contribution in [2.24, 2.45) is 0 Å². The van der Waals surface area contributed by atoms with Crippen molar-refractivity contribution in [3.05, 3.63) is 69.6 Å². The zero-order chi connectivity index (χ0) is 18.0. The van der Waals surface area contributed by atoms with Gasteiger partial charge < -0.3 is 14.5 Å². The lowest BCUT2D eigenvalue weighted by Gasteiger charge is -2.09. The summed E-state index contributed by atoms with van der Waals surface area (Å²) in [6.07, 6.45) is 0.229. The number of carbonyl (C=O) groups is 1. The largest absolute Gasteiger partial charge is 0.496 e. The van der Waals surface area contributed by atoms with Crippen molar-refractivity contribution in [3.8, 4) is 5.75 Å². The molecule has 128 valence electrons. The number of nitrogens with one attached hydrogen (secondary N) is 1. The van der Waals surface area contributed by atoms with Gasteiger partial charge in [-0.2, -0.15) is 0 Å². The summed E-state index contributed by atoms with van der Waals surface area (Å²) in [4.78, 5) is 23.8. The Morgan fingerprint density at radius 2 is 1.88 bits per heavy atom. The number of hydrogen-bond donors (Lipinski definition) is 1. The van der Waals surface area contributed by atoms with E-state index in [1.807, 2.05) is 38.1 Å². The lowest BCUT2D eigenvalue weighted by Crippen LogP contribution is -2.14. The summed E-state index contributed by atoms with van der Waals surface area (Å²) in [7, 11) is 1.61. The standard InChI is InChI=1S/C20H19NO4/c1-12-4-5-14(9-17(12)24-3)10-19(22)21-15-6-7-16-13(2)8-20(23)25-18(16)11-15/h4-9,11H,10H2,1-3H3,(H,21,22). The lowest BCUT2D eigenvalue weighted by molar-refractivity contribution is -0.115. The van der Waals surface area contributed by atoms with E-state index in [1.165, 1.54) is 6.07 Å². The van der Waals surface area contributed by atoms with Gasteiger partial charge in [0.1, 0.15) is 11.3 Å². The molecule has 0 aliphatic carbocycles. The zero-order valence-corrected chi connectivity index (χ0v) is 14.4. The molecular formula is C20H19NO4. The van der Waals surface area contributed by atoms with Gasteiger partial charge >= 0.3 is 5.63 Å². The number of amides is 1. The molecule has 5 nitrogen and oxygen atoms in total. The first-order valence-electron chi connectivity index (χ1n) is 7.94. The summed E-state index contributed by atoms with van der Waals surface area (Å²) in [5.74, 6) is 0.605. The average Bonchev–Trinajstić information content (AvgIpc) is 2.56. The maximum atomic E-state index is 12.3. The third-order valence-corrected chi connectivity index (χ3v) is 4.07. The molecule has 0 aliphatic rings. The Labute approximate surface area is 145 Å². The predicted molar refractivity (Wildman–Crippen MR) is 97.3 cm³/mol. The number of carbonyl (C=O) groups excluding carboxylic acids is 1. The molecule has 0 saturated heterocycles. The summed E-state index contributed by atoms with van der Waals surface area (Å²) in [6, 6.07) is 12.4. The fourth-order valence-electron chi connectivity index (χ4n) is 2.77. The Kier molecular flexibility index (Phi) is 4.57. The second-order valence-corrected chi connectivity index (χ2v) is 5.99. The molecule has 0 atom stereocenters. The van der Waals surface area contributed by atoms with Gasteiger partial charge in [-0.25, -0.2) is 4.79 Å². The van der Waals surface area contributed by atoms with Crippen LogP contribution in [0.25, 0.3) is 11.0 Å². The van der Waals surface area contributed by atoms with Crippen LogP contribution in [0.15, 0.2) is 51.7 Å². The van der Waals surface area contributed by atoms with Gasteiger partial charge in [0.15, 0.2) is 0 Å². The fraction of sp³-hybridized carbons (Fsp3) is 0.200. The molecule has 0 spiro atoms. The van der Waals surface area contributed by atoms with Crippen LogP contribution in [0.1, 0.15) is 16.7 Å². The molecule has 0 radical (unpaired) electrons. The first-order valence-corrected chi connectivity index (χ1v) is 7.94. The smallest absolute Gasteiger partial charge is 0.336 e. The number of methoxy groups -OCH3 is 1. The maximum Gasteiger partial charge on any atom is 0.336 e. The van der Waals surface area contributed by atoms with Crippen LogP contribution in [0, 0.1) is 13.8 Å². The molecule has 25 heavy (non-hydrogen) atoms. The van der Waals surface area contributed by atoms with Gasteiger partial charge in [-0.3, -0.25) is 4.79 Å². The van der Waals surface area contributed by atoms with Crippen LogP contribution in [-0.4, -0.2) is 13.0 Å². The number of aryl methyl sites for hydroxylation is 2. The molecule has 2 aromatic carbocycles. The van der Waals surface area contributed by atoms with Crippen molar-refractivity contribution >= 4 is 22.6 Å². The Balaban J connectivity index is 1.79. The second kappa shape index (κ2) is 6.81. The number of fused-ring (bicyclic) bond motifs is 1. The molecule has 0 saturated carbocycles. The van der Waals surface area contributed by atoms with Gasteiger partial charge in [-0.1, -0.05) is 12.1 Å². The minimum Gasteiger partial charge on any atom is -0.496 e. The monoisotopic (exact) mass is 337 g/mol. The quantitative estimate of drug-likeness (QED) is 0.739. The number of anilines is 1. The minimum atomic E-state index is -0.403. The molecule has 1 N–H and O–H groups in total. The molecule has 5 heteroatoms. The van der Waals surface area contributed by atoms with Gasteiger partial charge in [-0.05, 0) is 48.7 Å². The van der Waals surface area contributed by atoms with Gasteiger partial charge in [-0.15, -0.1) is 0 Å². The van der Waals surface area contributed by atoms with Crippen LogP contribution >= 0.6 is 0 Å². The minimum absolute atomic E-state index is 0.153. The molecule has 3 rings (SSSR count). The predicted octanol–water partition coefficient (Wildman–Crippen LogP) is 3.60. The lowest BCUT2D eigenvalue weighted by atomic mass is 10.1. The van der Waals surface area contributed by atoms with E-state index in [-0.39, 0.29) is 12.3 Å². The van der Waals surface area contributed by atoms with E-state index in [9.17, 15) is 9.59 Å². The fourth-order valence-corrected chi connectivity index (χ4v) is 2.77. The average molecular weight is 337 g/mol. The van der Waals surface area contributed by atoms with E-state index in [1.54, 1.807) is 19.2 Å². The highest BCUT2D eigenvalue weighted by Crippen LogP contribution is 2.22. The van der Waals surface area contributed by atoms with Crippen LogP contribution in [0.5, 0.6) is 5.75 Å². The molecule has 0 bridgehead atoms. The Morgan fingerprint density at radius 3 is 2.64 bits per heavy atom. The van der Waals surface area contributed by atoms with Crippen molar-refractivity contribution in [2.45, 2.75) is 20.3 Å². The molecule has 1 aromatic heterocycles. The molecule has 0 fully saturated rings. The van der Waals surface area contributed by atoms with Crippen molar-refractivity contribution in [3.63, 3.8) is 0 Å². The Hall–Kier alpha value is -3.08. The van der Waals surface area contributed by atoms with Gasteiger partial charge in [0, 0.05) is 23.2 Å². The molecule has 3 aromatic rings. The van der Waals surface area contributed by atoms with Gasteiger partial charge in [0.05, 0.1) is 13.5 Å². The van der Waals surface area contributed by atoms with Crippen molar-refractivity contribution in [1.29, 1.82) is 0 Å². The van der Waals surface area contributed by atoms with Crippen molar-refractivity contribution in [2.75, 3.05) is 12.4 Å². The third-order valence-electron chi connectivity index (χ3n) is 4.07. The molecule has 0 aliphatic heterocycles. The highest BCUT2D eigenvalue weighted by atomic mass is 16.5. The van der Waals surface area contributed by atoms with Crippen LogP contribution in [0.3, 0.4) is 0 Å². The van der Waals surface area contributed by atoms with E-state index in [2.05, 4.69) is 5.32 Å². The van der Waals surface area contributed by atoms with E-state index in [4.69, 9.17) is 9.15 Å². The molecule has 0 unspecified atom stereocenters.